The molecule has 3 amide bonds. The van der Waals surface area contributed by atoms with Gasteiger partial charge in [-0.15, -0.1) is 0 Å². The minimum absolute atomic E-state index is 0.0876. The molecule has 0 saturated heterocycles. The van der Waals surface area contributed by atoms with Crippen LogP contribution in [0.15, 0.2) is 30.3 Å². The number of thioether (sulfide) groups is 1. The summed E-state index contributed by atoms with van der Waals surface area (Å²) in [5.41, 5.74) is 6.41. The fraction of sp³-hybridized carbons (Fsp3) is 0.565. The molecule has 0 fully saturated rings. The average Bonchev–Trinajstić information content (AvgIpc) is 2.78. The zero-order chi connectivity index (χ0) is 25.8. The third-order valence-electron chi connectivity index (χ3n) is 5.21. The van der Waals surface area contributed by atoms with Crippen LogP contribution in [0.5, 0.6) is 0 Å². The lowest BCUT2D eigenvalue weighted by atomic mass is 10.0. The van der Waals surface area contributed by atoms with Gasteiger partial charge < -0.3 is 31.9 Å². The molecule has 1 rings (SSSR count). The first-order valence-electron chi connectivity index (χ1n) is 11.1. The Hall–Kier alpha value is -2.63. The van der Waals surface area contributed by atoms with Crippen molar-refractivity contribution in [2.24, 2.45) is 11.7 Å². The second-order valence-corrected chi connectivity index (χ2v) is 9.41. The van der Waals surface area contributed by atoms with Crippen LogP contribution in [-0.2, 0) is 25.6 Å². The summed E-state index contributed by atoms with van der Waals surface area (Å²) in [6, 6.07) is 4.51. The summed E-state index contributed by atoms with van der Waals surface area (Å²) in [4.78, 5) is 49.9. The molecule has 11 heteroatoms. The Morgan fingerprint density at radius 2 is 1.53 bits per heavy atom. The predicted molar refractivity (Wildman–Crippen MR) is 131 cm³/mol. The number of nitrogens with two attached hydrogens (primary N) is 1. The van der Waals surface area contributed by atoms with Gasteiger partial charge in [-0.25, -0.2) is 4.79 Å². The van der Waals surface area contributed by atoms with E-state index in [0.29, 0.717) is 5.75 Å². The first-order valence-corrected chi connectivity index (χ1v) is 12.5. The Labute approximate surface area is 204 Å². The lowest BCUT2D eigenvalue weighted by Crippen LogP contribution is -2.59. The molecule has 0 heterocycles. The zero-order valence-electron chi connectivity index (χ0n) is 20.0. The number of aliphatic hydroxyl groups is 1. The summed E-state index contributed by atoms with van der Waals surface area (Å²) in [6.45, 7) is 4.81. The number of hydrogen-bond acceptors (Lipinski definition) is 7. The van der Waals surface area contributed by atoms with Crippen molar-refractivity contribution in [3.63, 3.8) is 0 Å². The first-order chi connectivity index (χ1) is 16.0. The van der Waals surface area contributed by atoms with Crippen molar-refractivity contribution < 1.29 is 29.4 Å². The number of carboxylic acid groups (broad SMARTS) is 1. The fourth-order valence-corrected chi connectivity index (χ4v) is 3.56. The fourth-order valence-electron chi connectivity index (χ4n) is 3.09. The number of aliphatic hydroxyl groups excluding tert-OH is 1. The predicted octanol–water partition coefficient (Wildman–Crippen LogP) is -0.115. The molecule has 190 valence electrons. The highest BCUT2D eigenvalue weighted by molar-refractivity contribution is 7.98. The van der Waals surface area contributed by atoms with E-state index in [9.17, 15) is 29.4 Å². The summed E-state index contributed by atoms with van der Waals surface area (Å²) in [7, 11) is 0. The van der Waals surface area contributed by atoms with Crippen LogP contribution in [0.1, 0.15) is 32.8 Å². The van der Waals surface area contributed by atoms with Gasteiger partial charge >= 0.3 is 5.97 Å². The monoisotopic (exact) mass is 496 g/mol. The third kappa shape index (κ3) is 9.70. The van der Waals surface area contributed by atoms with Crippen molar-refractivity contribution in [1.82, 2.24) is 16.0 Å². The van der Waals surface area contributed by atoms with Crippen molar-refractivity contribution >= 4 is 35.5 Å². The summed E-state index contributed by atoms with van der Waals surface area (Å²) >= 11 is 1.48. The van der Waals surface area contributed by atoms with Crippen molar-refractivity contribution in [1.29, 1.82) is 0 Å². The van der Waals surface area contributed by atoms with E-state index in [2.05, 4.69) is 16.0 Å². The maximum absolute atomic E-state index is 13.0. The van der Waals surface area contributed by atoms with Gasteiger partial charge in [0.2, 0.25) is 17.7 Å². The zero-order valence-corrected chi connectivity index (χ0v) is 20.8. The van der Waals surface area contributed by atoms with Crippen molar-refractivity contribution in [2.75, 3.05) is 12.0 Å². The largest absolute Gasteiger partial charge is 0.480 e. The van der Waals surface area contributed by atoms with Gasteiger partial charge in [-0.2, -0.15) is 11.8 Å². The number of carbonyl (C=O) groups excluding carboxylic acids is 3. The maximum atomic E-state index is 13.0. The highest BCUT2D eigenvalue weighted by Crippen LogP contribution is 2.09. The molecule has 0 radical (unpaired) electrons. The summed E-state index contributed by atoms with van der Waals surface area (Å²) in [5, 5.41) is 26.8. The lowest BCUT2D eigenvalue weighted by Gasteiger charge is -2.27. The molecule has 0 aliphatic rings. The molecular weight excluding hydrogens is 460 g/mol. The molecule has 1 aromatic rings. The lowest BCUT2D eigenvalue weighted by molar-refractivity contribution is -0.142. The van der Waals surface area contributed by atoms with Gasteiger partial charge in [-0.1, -0.05) is 44.2 Å². The SMILES string of the molecule is CSCCC(NC(=O)C(N)C(C)O)C(=O)NC(C(=O)NC(Cc1ccccc1)C(=O)O)C(C)C. The van der Waals surface area contributed by atoms with Crippen LogP contribution < -0.4 is 21.7 Å². The summed E-state index contributed by atoms with van der Waals surface area (Å²) in [6.07, 6.45) is 1.12. The molecule has 0 aromatic heterocycles. The van der Waals surface area contributed by atoms with Crippen molar-refractivity contribution in [2.45, 2.75) is 63.9 Å². The summed E-state index contributed by atoms with van der Waals surface area (Å²) in [5.74, 6) is -2.91. The molecule has 5 atom stereocenters. The second kappa shape index (κ2) is 14.6. The number of benzene rings is 1. The van der Waals surface area contributed by atoms with Gasteiger partial charge in [0.25, 0.3) is 0 Å². The van der Waals surface area contributed by atoms with Crippen LogP contribution >= 0.6 is 11.8 Å². The number of aliphatic carboxylic acids is 1. The molecule has 0 aliphatic heterocycles. The molecular formula is C23H36N4O6S. The number of nitrogens with one attached hydrogen (secondary N) is 3. The Balaban J connectivity index is 2.94. The van der Waals surface area contributed by atoms with E-state index < -0.39 is 54.0 Å². The van der Waals surface area contributed by atoms with Gasteiger partial charge in [0.15, 0.2) is 0 Å². The maximum Gasteiger partial charge on any atom is 0.326 e. The number of carbonyl (C=O) groups is 4. The standard InChI is InChI=1S/C23H36N4O6S/c1-13(2)19(22(31)26-17(23(32)33)12-15-8-6-5-7-9-15)27-20(29)16(10-11-34-4)25-21(30)18(24)14(3)28/h5-9,13-14,16-19,28H,10-12,24H2,1-4H3,(H,25,30)(H,26,31)(H,27,29)(H,32,33). The van der Waals surface area contributed by atoms with Crippen LogP contribution in [0.25, 0.3) is 0 Å². The minimum Gasteiger partial charge on any atom is -0.480 e. The highest BCUT2D eigenvalue weighted by atomic mass is 32.2. The first kappa shape index (κ1) is 29.4. The van der Waals surface area contributed by atoms with Gasteiger partial charge in [-0.05, 0) is 36.8 Å². The molecule has 7 N–H and O–H groups in total. The molecule has 0 aliphatic carbocycles. The molecule has 0 saturated carbocycles. The van der Waals surface area contributed by atoms with E-state index in [1.807, 2.05) is 12.3 Å². The topological polar surface area (TPSA) is 171 Å². The normalized spacial score (nSPS) is 15.5. The van der Waals surface area contributed by atoms with E-state index in [4.69, 9.17) is 5.73 Å². The third-order valence-corrected chi connectivity index (χ3v) is 5.85. The van der Waals surface area contributed by atoms with Crippen molar-refractivity contribution in [3.8, 4) is 0 Å². The molecule has 10 nitrogen and oxygen atoms in total. The second-order valence-electron chi connectivity index (χ2n) is 8.43. The van der Waals surface area contributed by atoms with Crippen LogP contribution in [0.2, 0.25) is 0 Å². The van der Waals surface area contributed by atoms with Gasteiger partial charge in [-0.3, -0.25) is 14.4 Å². The van der Waals surface area contributed by atoms with Crippen LogP contribution in [-0.4, -0.2) is 76.2 Å². The molecule has 34 heavy (non-hydrogen) atoms. The molecule has 5 unspecified atom stereocenters. The van der Waals surface area contributed by atoms with E-state index in [-0.39, 0.29) is 18.8 Å². The Morgan fingerprint density at radius 1 is 0.941 bits per heavy atom. The van der Waals surface area contributed by atoms with Gasteiger partial charge in [0.05, 0.1) is 6.10 Å². The van der Waals surface area contributed by atoms with E-state index >= 15 is 0 Å². The molecule has 1 aromatic carbocycles. The van der Waals surface area contributed by atoms with E-state index in [1.54, 1.807) is 38.1 Å². The van der Waals surface area contributed by atoms with E-state index in [1.165, 1.54) is 18.7 Å². The smallest absolute Gasteiger partial charge is 0.326 e. The van der Waals surface area contributed by atoms with Crippen LogP contribution in [0.4, 0.5) is 0 Å². The molecule has 0 bridgehead atoms. The van der Waals surface area contributed by atoms with Crippen LogP contribution in [0, 0.1) is 5.92 Å². The van der Waals surface area contributed by atoms with Gasteiger partial charge in [0, 0.05) is 6.42 Å². The number of amides is 3. The Kier molecular flexibility index (Phi) is 12.6. The Bertz CT molecular complexity index is 821. The number of rotatable bonds is 14. The summed E-state index contributed by atoms with van der Waals surface area (Å²) < 4.78 is 0. The van der Waals surface area contributed by atoms with Crippen LogP contribution in [0.3, 0.4) is 0 Å². The average molecular weight is 497 g/mol. The number of carboxylic acids is 1. The van der Waals surface area contributed by atoms with Gasteiger partial charge in [0.1, 0.15) is 24.2 Å². The highest BCUT2D eigenvalue weighted by Gasteiger charge is 2.32. The minimum atomic E-state index is -1.21. The van der Waals surface area contributed by atoms with E-state index in [0.717, 1.165) is 5.56 Å². The molecule has 0 spiro atoms. The van der Waals surface area contributed by atoms with Crippen molar-refractivity contribution in [3.05, 3.63) is 35.9 Å². The Morgan fingerprint density at radius 3 is 2.03 bits per heavy atom. The quantitative estimate of drug-likeness (QED) is 0.207. The number of hydrogen-bond donors (Lipinski definition) is 6.